The summed E-state index contributed by atoms with van der Waals surface area (Å²) in [6.45, 7) is 10.5. The van der Waals surface area contributed by atoms with Crippen LogP contribution in [0.1, 0.15) is 40.4 Å². The maximum absolute atomic E-state index is 11.4. The third-order valence-corrected chi connectivity index (χ3v) is 4.42. The van der Waals surface area contributed by atoms with Crippen LogP contribution < -0.4 is 0 Å². The topological polar surface area (TPSA) is 64.8 Å². The number of halogens is 1. The number of aromatic nitrogens is 3. The van der Waals surface area contributed by atoms with Gasteiger partial charge in [0.1, 0.15) is 5.82 Å². The predicted molar refractivity (Wildman–Crippen MR) is 66.6 cm³/mol. The van der Waals surface area contributed by atoms with Gasteiger partial charge in [0.15, 0.2) is 0 Å². The molecule has 0 radical (unpaired) electrons. The van der Waals surface area contributed by atoms with Crippen LogP contribution in [0.5, 0.6) is 0 Å². The van der Waals surface area contributed by atoms with Gasteiger partial charge in [0.2, 0.25) is 0 Å². The quantitative estimate of drug-likeness (QED) is 0.792. The van der Waals surface area contributed by atoms with Gasteiger partial charge >= 0.3 is 0 Å². The Morgan fingerprint density at radius 3 is 2.24 bits per heavy atom. The third kappa shape index (κ3) is 2.63. The number of hydrogen-bond donors (Lipinski definition) is 0. The Kier molecular flexibility index (Phi) is 3.88. The molecule has 0 N–H and O–H groups in total. The fraction of sp³-hybridized carbons (Fsp3) is 0.800. The van der Waals surface area contributed by atoms with Gasteiger partial charge in [-0.3, -0.25) is 0 Å². The second kappa shape index (κ2) is 4.57. The molecule has 0 fully saturated rings. The molecule has 1 aromatic rings. The highest BCUT2D eigenvalue weighted by molar-refractivity contribution is 8.13. The van der Waals surface area contributed by atoms with Crippen LogP contribution in [0.2, 0.25) is 0 Å². The van der Waals surface area contributed by atoms with Gasteiger partial charge in [-0.05, 0) is 12.8 Å². The fourth-order valence-corrected chi connectivity index (χ4v) is 2.45. The van der Waals surface area contributed by atoms with Crippen LogP contribution in [-0.2, 0) is 21.0 Å². The lowest BCUT2D eigenvalue weighted by Crippen LogP contribution is -2.29. The molecule has 0 saturated carbocycles. The zero-order valence-electron chi connectivity index (χ0n) is 10.7. The van der Waals surface area contributed by atoms with Crippen LogP contribution in [0.15, 0.2) is 5.16 Å². The van der Waals surface area contributed by atoms with Crippen molar-refractivity contribution >= 4 is 19.7 Å². The van der Waals surface area contributed by atoms with E-state index in [2.05, 4.69) is 24.0 Å². The van der Waals surface area contributed by atoms with Gasteiger partial charge in [0.25, 0.3) is 14.2 Å². The van der Waals surface area contributed by atoms with E-state index in [4.69, 9.17) is 10.7 Å². The summed E-state index contributed by atoms with van der Waals surface area (Å²) in [5.74, 6) is 0.956. The van der Waals surface area contributed by atoms with Gasteiger partial charge < -0.3 is 4.57 Å². The van der Waals surface area contributed by atoms with Crippen LogP contribution in [-0.4, -0.2) is 23.2 Å². The standard InChI is InChI=1S/C10H18ClN3O2S/c1-6-14-8(10(4,5)7(2)3)12-13-9(14)17(11,15)16/h7H,6H2,1-5H3. The second-order valence-corrected chi connectivity index (χ2v) is 7.32. The first-order chi connectivity index (χ1) is 7.62. The average Bonchev–Trinajstić information content (AvgIpc) is 2.60. The molecule has 0 saturated heterocycles. The summed E-state index contributed by atoms with van der Waals surface area (Å²) in [5.41, 5.74) is -0.261. The molecular weight excluding hydrogens is 262 g/mol. The minimum Gasteiger partial charge on any atom is -0.301 e. The molecule has 0 spiro atoms. The van der Waals surface area contributed by atoms with Crippen molar-refractivity contribution in [3.8, 4) is 0 Å². The van der Waals surface area contributed by atoms with Gasteiger partial charge in [0.05, 0.1) is 0 Å². The van der Waals surface area contributed by atoms with Crippen LogP contribution in [0.3, 0.4) is 0 Å². The molecule has 0 aromatic carbocycles. The van der Waals surface area contributed by atoms with Crippen molar-refractivity contribution in [3.63, 3.8) is 0 Å². The van der Waals surface area contributed by atoms with Gasteiger partial charge in [-0.15, -0.1) is 10.2 Å². The lowest BCUT2D eigenvalue weighted by Gasteiger charge is -2.28. The van der Waals surface area contributed by atoms with Crippen molar-refractivity contribution in [1.29, 1.82) is 0 Å². The first-order valence-electron chi connectivity index (χ1n) is 5.50. The van der Waals surface area contributed by atoms with E-state index in [0.717, 1.165) is 0 Å². The summed E-state index contributed by atoms with van der Waals surface area (Å²) >= 11 is 0. The van der Waals surface area contributed by atoms with Crippen molar-refractivity contribution in [2.75, 3.05) is 0 Å². The molecule has 98 valence electrons. The highest BCUT2D eigenvalue weighted by Gasteiger charge is 2.33. The van der Waals surface area contributed by atoms with Crippen molar-refractivity contribution in [2.24, 2.45) is 5.92 Å². The summed E-state index contributed by atoms with van der Waals surface area (Å²) in [4.78, 5) is 0. The largest absolute Gasteiger partial charge is 0.301 e. The average molecular weight is 280 g/mol. The summed E-state index contributed by atoms with van der Waals surface area (Å²) in [6, 6.07) is 0. The lowest BCUT2D eigenvalue weighted by molar-refractivity contribution is 0.335. The Hall–Kier alpha value is -0.620. The van der Waals surface area contributed by atoms with E-state index in [-0.39, 0.29) is 10.6 Å². The molecule has 0 atom stereocenters. The third-order valence-electron chi connectivity index (χ3n) is 3.27. The van der Waals surface area contributed by atoms with Crippen molar-refractivity contribution in [1.82, 2.24) is 14.8 Å². The molecular formula is C10H18ClN3O2S. The Morgan fingerprint density at radius 2 is 1.88 bits per heavy atom. The summed E-state index contributed by atoms with van der Waals surface area (Å²) in [5, 5.41) is 7.52. The summed E-state index contributed by atoms with van der Waals surface area (Å²) < 4.78 is 24.3. The maximum atomic E-state index is 11.4. The van der Waals surface area contributed by atoms with Crippen LogP contribution in [0.25, 0.3) is 0 Å². The molecule has 0 unspecified atom stereocenters. The van der Waals surface area contributed by atoms with E-state index in [9.17, 15) is 8.42 Å². The molecule has 0 bridgehead atoms. The molecule has 17 heavy (non-hydrogen) atoms. The lowest BCUT2D eigenvalue weighted by atomic mass is 9.80. The number of nitrogens with zero attached hydrogens (tertiary/aromatic N) is 3. The van der Waals surface area contributed by atoms with E-state index in [1.54, 1.807) is 4.57 Å². The molecule has 1 aromatic heterocycles. The van der Waals surface area contributed by atoms with E-state index < -0.39 is 9.05 Å². The fourth-order valence-electron chi connectivity index (χ4n) is 1.49. The van der Waals surface area contributed by atoms with Gasteiger partial charge in [-0.1, -0.05) is 27.7 Å². The molecule has 0 aliphatic carbocycles. The molecule has 0 amide bonds. The Bertz CT molecular complexity index is 506. The Labute approximate surface area is 107 Å². The minimum absolute atomic E-state index is 0.176. The van der Waals surface area contributed by atoms with Crippen molar-refractivity contribution < 1.29 is 8.42 Å². The Morgan fingerprint density at radius 1 is 1.35 bits per heavy atom. The van der Waals surface area contributed by atoms with Crippen LogP contribution >= 0.6 is 10.7 Å². The number of rotatable bonds is 4. The molecule has 7 heteroatoms. The molecule has 1 rings (SSSR count). The van der Waals surface area contributed by atoms with Gasteiger partial charge in [-0.25, -0.2) is 8.42 Å². The maximum Gasteiger partial charge on any atom is 0.296 e. The number of hydrogen-bond acceptors (Lipinski definition) is 4. The monoisotopic (exact) mass is 279 g/mol. The molecule has 5 nitrogen and oxygen atoms in total. The first-order valence-corrected chi connectivity index (χ1v) is 7.81. The van der Waals surface area contributed by atoms with Crippen molar-refractivity contribution in [3.05, 3.63) is 5.82 Å². The second-order valence-electron chi connectivity index (χ2n) is 4.86. The first kappa shape index (κ1) is 14.4. The van der Waals surface area contributed by atoms with Crippen LogP contribution in [0.4, 0.5) is 0 Å². The Balaban J connectivity index is 3.44. The van der Waals surface area contributed by atoms with Gasteiger partial charge in [0, 0.05) is 22.6 Å². The van der Waals surface area contributed by atoms with E-state index in [0.29, 0.717) is 18.3 Å². The zero-order valence-corrected chi connectivity index (χ0v) is 12.3. The smallest absolute Gasteiger partial charge is 0.296 e. The molecule has 0 aliphatic rings. The summed E-state index contributed by atoms with van der Waals surface area (Å²) in [6.07, 6.45) is 0. The highest BCUT2D eigenvalue weighted by atomic mass is 35.7. The molecule has 0 aliphatic heterocycles. The molecule has 1 heterocycles. The van der Waals surface area contributed by atoms with E-state index in [1.165, 1.54) is 0 Å². The van der Waals surface area contributed by atoms with Crippen LogP contribution in [0, 0.1) is 5.92 Å². The SMILES string of the molecule is CCn1c(C(C)(C)C(C)C)nnc1S(=O)(=O)Cl. The van der Waals surface area contributed by atoms with E-state index >= 15 is 0 Å². The normalized spacial score (nSPS) is 13.4. The zero-order chi connectivity index (χ0) is 13.4. The highest BCUT2D eigenvalue weighted by Crippen LogP contribution is 2.31. The predicted octanol–water partition coefficient (Wildman–Crippen LogP) is 2.16. The minimum atomic E-state index is -3.85. The summed E-state index contributed by atoms with van der Waals surface area (Å²) in [7, 11) is 1.49. The van der Waals surface area contributed by atoms with Crippen molar-refractivity contribution in [2.45, 2.75) is 51.7 Å². The van der Waals surface area contributed by atoms with E-state index in [1.807, 2.05) is 20.8 Å². The van der Waals surface area contributed by atoms with Gasteiger partial charge in [-0.2, -0.15) is 0 Å².